The van der Waals surface area contributed by atoms with E-state index < -0.39 is 0 Å². The van der Waals surface area contributed by atoms with Gasteiger partial charge in [-0.05, 0) is 30.9 Å². The zero-order valence-electron chi connectivity index (χ0n) is 10.2. The van der Waals surface area contributed by atoms with Crippen LogP contribution in [0.25, 0.3) is 0 Å². The van der Waals surface area contributed by atoms with Crippen molar-refractivity contribution in [3.8, 4) is 0 Å². The van der Waals surface area contributed by atoms with E-state index >= 15 is 0 Å². The van der Waals surface area contributed by atoms with E-state index in [0.29, 0.717) is 12.0 Å². The minimum absolute atomic E-state index is 0.635. The molecule has 0 aliphatic carbocycles. The summed E-state index contributed by atoms with van der Waals surface area (Å²) in [6.45, 7) is 5.60. The average molecular weight is 258 g/mol. The fourth-order valence-electron chi connectivity index (χ4n) is 2.12. The maximum atomic E-state index is 4.75. The smallest absolute Gasteiger partial charge is 0.156 e. The standard InChI is InChI=1S/C12H22N2S2/c1-9(2)11-5-7-16-12(14-11)13-8-10-4-3-6-15-10/h9-11H,3-8H2,1-2H3,(H,13,14). The molecule has 0 saturated carbocycles. The van der Waals surface area contributed by atoms with Crippen molar-refractivity contribution in [3.05, 3.63) is 0 Å². The first-order valence-corrected chi connectivity index (χ1v) is 8.34. The highest BCUT2D eigenvalue weighted by molar-refractivity contribution is 8.13. The summed E-state index contributed by atoms with van der Waals surface area (Å²) in [6.07, 6.45) is 4.02. The molecule has 2 fully saturated rings. The molecule has 0 aromatic carbocycles. The Hall–Kier alpha value is 0.170. The molecule has 0 amide bonds. The molecule has 0 aromatic rings. The van der Waals surface area contributed by atoms with Crippen LogP contribution in [0.1, 0.15) is 33.1 Å². The normalized spacial score (nSPS) is 33.3. The summed E-state index contributed by atoms with van der Waals surface area (Å²) in [5.74, 6) is 3.28. The van der Waals surface area contributed by atoms with Gasteiger partial charge in [0.1, 0.15) is 0 Å². The van der Waals surface area contributed by atoms with Crippen molar-refractivity contribution in [2.45, 2.75) is 44.4 Å². The summed E-state index contributed by atoms with van der Waals surface area (Å²) >= 11 is 3.99. The van der Waals surface area contributed by atoms with Crippen LogP contribution < -0.4 is 5.32 Å². The third-order valence-corrected chi connectivity index (χ3v) is 5.58. The monoisotopic (exact) mass is 258 g/mol. The van der Waals surface area contributed by atoms with Crippen molar-refractivity contribution in [2.24, 2.45) is 10.9 Å². The van der Waals surface area contributed by atoms with E-state index in [2.05, 4.69) is 30.9 Å². The molecule has 0 radical (unpaired) electrons. The molecule has 0 spiro atoms. The first-order chi connectivity index (χ1) is 7.75. The minimum atomic E-state index is 0.635. The minimum Gasteiger partial charge on any atom is -0.362 e. The molecule has 2 atom stereocenters. The van der Waals surface area contributed by atoms with Crippen LogP contribution in [0.5, 0.6) is 0 Å². The van der Waals surface area contributed by atoms with Crippen LogP contribution in [0.15, 0.2) is 4.99 Å². The molecule has 2 unspecified atom stereocenters. The van der Waals surface area contributed by atoms with E-state index in [1.807, 2.05) is 11.8 Å². The van der Waals surface area contributed by atoms with Gasteiger partial charge in [-0.2, -0.15) is 11.8 Å². The van der Waals surface area contributed by atoms with Gasteiger partial charge in [0.2, 0.25) is 0 Å². The average Bonchev–Trinajstić information content (AvgIpc) is 2.79. The number of nitrogens with one attached hydrogen (secondary N) is 1. The second-order valence-corrected chi connectivity index (χ2v) is 7.40. The Balaban J connectivity index is 1.81. The van der Waals surface area contributed by atoms with Gasteiger partial charge in [-0.25, -0.2) is 0 Å². The second kappa shape index (κ2) is 6.20. The summed E-state index contributed by atoms with van der Waals surface area (Å²) in [5, 5.41) is 5.56. The fraction of sp³-hybridized carbons (Fsp3) is 0.917. The third kappa shape index (κ3) is 3.59. The lowest BCUT2D eigenvalue weighted by Gasteiger charge is -2.28. The summed E-state index contributed by atoms with van der Waals surface area (Å²) in [7, 11) is 0. The molecule has 1 N–H and O–H groups in total. The van der Waals surface area contributed by atoms with Crippen LogP contribution in [0.2, 0.25) is 0 Å². The van der Waals surface area contributed by atoms with Crippen molar-refractivity contribution < 1.29 is 0 Å². The summed E-state index contributed by atoms with van der Waals surface area (Å²) in [6, 6.07) is 0.635. The molecule has 16 heavy (non-hydrogen) atoms. The lowest BCUT2D eigenvalue weighted by atomic mass is 10.0. The van der Waals surface area contributed by atoms with Crippen LogP contribution in [-0.2, 0) is 0 Å². The third-order valence-electron chi connectivity index (χ3n) is 3.24. The number of aliphatic imine (C=N–C) groups is 1. The van der Waals surface area contributed by atoms with Gasteiger partial charge >= 0.3 is 0 Å². The highest BCUT2D eigenvalue weighted by atomic mass is 32.2. The van der Waals surface area contributed by atoms with Crippen LogP contribution in [-0.4, -0.2) is 34.5 Å². The first kappa shape index (κ1) is 12.6. The van der Waals surface area contributed by atoms with Crippen molar-refractivity contribution in [2.75, 3.05) is 18.1 Å². The van der Waals surface area contributed by atoms with Crippen LogP contribution in [0.3, 0.4) is 0 Å². The summed E-state index contributed by atoms with van der Waals surface area (Å²) in [4.78, 5) is 4.75. The topological polar surface area (TPSA) is 24.4 Å². The highest BCUT2D eigenvalue weighted by Gasteiger charge is 2.21. The van der Waals surface area contributed by atoms with E-state index in [-0.39, 0.29) is 0 Å². The van der Waals surface area contributed by atoms with Gasteiger partial charge in [-0.3, -0.25) is 4.99 Å². The molecular weight excluding hydrogens is 236 g/mol. The molecule has 0 bridgehead atoms. The lowest BCUT2D eigenvalue weighted by molar-refractivity contribution is 0.442. The predicted octanol–water partition coefficient (Wildman–Crippen LogP) is 2.99. The van der Waals surface area contributed by atoms with Crippen molar-refractivity contribution in [1.29, 1.82) is 0 Å². The fourth-order valence-corrected chi connectivity index (χ4v) is 4.26. The van der Waals surface area contributed by atoms with E-state index in [1.54, 1.807) is 0 Å². The van der Waals surface area contributed by atoms with Gasteiger partial charge in [0, 0.05) is 17.0 Å². The van der Waals surface area contributed by atoms with Gasteiger partial charge in [0.25, 0.3) is 0 Å². The Kier molecular flexibility index (Phi) is 4.89. The number of hydrogen-bond donors (Lipinski definition) is 1. The maximum Gasteiger partial charge on any atom is 0.156 e. The van der Waals surface area contributed by atoms with Crippen LogP contribution in [0.4, 0.5) is 0 Å². The SMILES string of the molecule is CC(C)C1CCSC(=NCC2CCCS2)N1. The quantitative estimate of drug-likeness (QED) is 0.842. The second-order valence-electron chi connectivity index (χ2n) is 4.91. The van der Waals surface area contributed by atoms with Gasteiger partial charge in [0.05, 0.1) is 6.54 Å². The number of nitrogens with zero attached hydrogens (tertiary/aromatic N) is 1. The van der Waals surface area contributed by atoms with E-state index in [4.69, 9.17) is 4.99 Å². The number of hydrogen-bond acceptors (Lipinski definition) is 3. The van der Waals surface area contributed by atoms with Crippen molar-refractivity contribution in [1.82, 2.24) is 5.32 Å². The zero-order chi connectivity index (χ0) is 11.4. The van der Waals surface area contributed by atoms with Gasteiger partial charge in [-0.15, -0.1) is 0 Å². The number of thioether (sulfide) groups is 2. The van der Waals surface area contributed by atoms with Crippen LogP contribution in [0, 0.1) is 5.92 Å². The first-order valence-electron chi connectivity index (χ1n) is 6.31. The Labute approximate surface area is 107 Å². The lowest BCUT2D eigenvalue weighted by Crippen LogP contribution is -2.41. The van der Waals surface area contributed by atoms with Gasteiger partial charge in [0.15, 0.2) is 5.17 Å². The highest BCUT2D eigenvalue weighted by Crippen LogP contribution is 2.27. The van der Waals surface area contributed by atoms with Crippen molar-refractivity contribution in [3.63, 3.8) is 0 Å². The summed E-state index contributed by atoms with van der Waals surface area (Å²) in [5.41, 5.74) is 0. The van der Waals surface area contributed by atoms with E-state index in [1.165, 1.54) is 35.9 Å². The molecule has 2 aliphatic heterocycles. The summed E-state index contributed by atoms with van der Waals surface area (Å²) < 4.78 is 0. The van der Waals surface area contributed by atoms with Crippen LogP contribution >= 0.6 is 23.5 Å². The Morgan fingerprint density at radius 3 is 2.94 bits per heavy atom. The molecule has 2 nitrogen and oxygen atoms in total. The Morgan fingerprint density at radius 1 is 1.38 bits per heavy atom. The predicted molar refractivity (Wildman–Crippen MR) is 76.6 cm³/mol. The molecule has 2 heterocycles. The molecule has 0 aromatic heterocycles. The van der Waals surface area contributed by atoms with Gasteiger partial charge < -0.3 is 5.32 Å². The Morgan fingerprint density at radius 2 is 2.25 bits per heavy atom. The van der Waals surface area contributed by atoms with E-state index in [0.717, 1.165) is 11.8 Å². The van der Waals surface area contributed by atoms with Gasteiger partial charge in [-0.1, -0.05) is 25.6 Å². The zero-order valence-corrected chi connectivity index (χ0v) is 11.9. The number of rotatable bonds is 3. The largest absolute Gasteiger partial charge is 0.362 e. The molecule has 2 aliphatic rings. The number of amidine groups is 1. The Bertz CT molecular complexity index is 247. The molecule has 92 valence electrons. The molecule has 2 rings (SSSR count). The van der Waals surface area contributed by atoms with E-state index in [9.17, 15) is 0 Å². The molecule has 2 saturated heterocycles. The van der Waals surface area contributed by atoms with Crippen molar-refractivity contribution >= 4 is 28.7 Å². The maximum absolute atomic E-state index is 4.75. The molecular formula is C12H22N2S2. The molecule has 4 heteroatoms.